The van der Waals surface area contributed by atoms with Crippen molar-refractivity contribution in [1.82, 2.24) is 4.98 Å². The Morgan fingerprint density at radius 1 is 1.12 bits per heavy atom. The van der Waals surface area contributed by atoms with Crippen molar-refractivity contribution in [3.63, 3.8) is 0 Å². The van der Waals surface area contributed by atoms with Crippen molar-refractivity contribution in [3.05, 3.63) is 79.6 Å². The van der Waals surface area contributed by atoms with Crippen LogP contribution >= 0.6 is 0 Å². The molecule has 0 saturated carbocycles. The number of non-ortho nitro benzene ring substituents is 1. The number of rotatable bonds is 4. The number of nitrogens with one attached hydrogen (secondary N) is 2. The topological polar surface area (TPSA) is 88.0 Å². The van der Waals surface area contributed by atoms with Crippen LogP contribution in [0.3, 0.4) is 0 Å². The number of nitro benzene ring substituents is 1. The second-order valence-electron chi connectivity index (χ2n) is 5.77. The van der Waals surface area contributed by atoms with Crippen molar-refractivity contribution >= 4 is 22.3 Å². The Kier molecular flexibility index (Phi) is 4.04. The fourth-order valence-corrected chi connectivity index (χ4v) is 2.66. The van der Waals surface area contributed by atoms with Gasteiger partial charge in [0.2, 0.25) is 0 Å². The van der Waals surface area contributed by atoms with E-state index in [0.29, 0.717) is 17.8 Å². The zero-order valence-electron chi connectivity index (χ0n) is 13.4. The quantitative estimate of drug-likeness (QED) is 0.566. The van der Waals surface area contributed by atoms with Crippen LogP contribution in [0.15, 0.2) is 47.3 Å². The van der Waals surface area contributed by atoms with E-state index in [1.807, 2.05) is 38.1 Å². The summed E-state index contributed by atoms with van der Waals surface area (Å²) in [7, 11) is 0. The molecule has 0 unspecified atom stereocenters. The zero-order chi connectivity index (χ0) is 17.3. The Hall–Kier alpha value is -3.15. The molecule has 0 aliphatic heterocycles. The molecule has 1 aromatic heterocycles. The number of nitrogens with zero attached hydrogens (tertiary/aromatic N) is 1. The lowest BCUT2D eigenvalue weighted by Crippen LogP contribution is -2.16. The highest BCUT2D eigenvalue weighted by Crippen LogP contribution is 2.22. The SMILES string of the molecule is Cc1ccc([N+](=O)[O-])cc1NCc1cc2cccc(C)c2[nH]c1=O. The van der Waals surface area contributed by atoms with Crippen LogP contribution in [0.4, 0.5) is 11.4 Å². The van der Waals surface area contributed by atoms with Gasteiger partial charge in [-0.2, -0.15) is 0 Å². The fraction of sp³-hybridized carbons (Fsp3) is 0.167. The molecule has 0 spiro atoms. The number of hydrogen-bond acceptors (Lipinski definition) is 4. The minimum absolute atomic E-state index is 0.0196. The van der Waals surface area contributed by atoms with Gasteiger partial charge < -0.3 is 10.3 Å². The van der Waals surface area contributed by atoms with Gasteiger partial charge >= 0.3 is 0 Å². The van der Waals surface area contributed by atoms with Crippen molar-refractivity contribution in [2.75, 3.05) is 5.32 Å². The van der Waals surface area contributed by atoms with E-state index in [1.54, 1.807) is 6.07 Å². The van der Waals surface area contributed by atoms with E-state index in [-0.39, 0.29) is 11.2 Å². The first-order valence-corrected chi connectivity index (χ1v) is 7.56. The van der Waals surface area contributed by atoms with E-state index in [1.165, 1.54) is 12.1 Å². The molecule has 0 fully saturated rings. The molecule has 2 N–H and O–H groups in total. The summed E-state index contributed by atoms with van der Waals surface area (Å²) in [5.41, 5.74) is 3.82. The van der Waals surface area contributed by atoms with Crippen molar-refractivity contribution < 1.29 is 4.92 Å². The van der Waals surface area contributed by atoms with Gasteiger partial charge in [0, 0.05) is 29.9 Å². The van der Waals surface area contributed by atoms with Crippen LogP contribution in [-0.2, 0) is 6.54 Å². The molecular formula is C18H17N3O3. The summed E-state index contributed by atoms with van der Waals surface area (Å²) in [6.07, 6.45) is 0. The summed E-state index contributed by atoms with van der Waals surface area (Å²) in [6.45, 7) is 4.10. The van der Waals surface area contributed by atoms with Gasteiger partial charge in [0.1, 0.15) is 0 Å². The monoisotopic (exact) mass is 323 g/mol. The Bertz CT molecular complexity index is 992. The van der Waals surface area contributed by atoms with E-state index in [0.717, 1.165) is 22.0 Å². The number of para-hydroxylation sites is 1. The van der Waals surface area contributed by atoms with Crippen molar-refractivity contribution in [2.45, 2.75) is 20.4 Å². The predicted molar refractivity (Wildman–Crippen MR) is 94.5 cm³/mol. The van der Waals surface area contributed by atoms with Crippen LogP contribution in [0.25, 0.3) is 10.9 Å². The van der Waals surface area contributed by atoms with Gasteiger partial charge in [-0.15, -0.1) is 0 Å². The molecule has 0 atom stereocenters. The number of aromatic amines is 1. The summed E-state index contributed by atoms with van der Waals surface area (Å²) in [5.74, 6) is 0. The zero-order valence-corrected chi connectivity index (χ0v) is 13.4. The lowest BCUT2D eigenvalue weighted by Gasteiger charge is -2.10. The highest BCUT2D eigenvalue weighted by atomic mass is 16.6. The Balaban J connectivity index is 1.91. The molecule has 0 aliphatic carbocycles. The van der Waals surface area contributed by atoms with Crippen LogP contribution in [0.5, 0.6) is 0 Å². The number of H-pyrrole nitrogens is 1. The van der Waals surface area contributed by atoms with Crippen LogP contribution < -0.4 is 10.9 Å². The average Bonchev–Trinajstić information content (AvgIpc) is 2.55. The van der Waals surface area contributed by atoms with Gasteiger partial charge in [-0.25, -0.2) is 0 Å². The average molecular weight is 323 g/mol. The molecule has 6 heteroatoms. The Morgan fingerprint density at radius 2 is 1.92 bits per heavy atom. The summed E-state index contributed by atoms with van der Waals surface area (Å²) in [4.78, 5) is 25.6. The van der Waals surface area contributed by atoms with Gasteiger partial charge in [0.15, 0.2) is 0 Å². The van der Waals surface area contributed by atoms with Crippen LogP contribution in [-0.4, -0.2) is 9.91 Å². The summed E-state index contributed by atoms with van der Waals surface area (Å²) in [6, 6.07) is 12.3. The van der Waals surface area contributed by atoms with E-state index < -0.39 is 4.92 Å². The first-order chi connectivity index (χ1) is 11.5. The van der Waals surface area contributed by atoms with Gasteiger partial charge in [0.25, 0.3) is 11.2 Å². The molecule has 122 valence electrons. The van der Waals surface area contributed by atoms with E-state index in [2.05, 4.69) is 10.3 Å². The first-order valence-electron chi connectivity index (χ1n) is 7.56. The molecule has 6 nitrogen and oxygen atoms in total. The molecule has 3 aromatic rings. The molecule has 0 aliphatic rings. The van der Waals surface area contributed by atoms with E-state index in [4.69, 9.17) is 0 Å². The molecule has 0 bridgehead atoms. The number of pyridine rings is 1. The van der Waals surface area contributed by atoms with Gasteiger partial charge in [0.05, 0.1) is 10.4 Å². The van der Waals surface area contributed by atoms with E-state index in [9.17, 15) is 14.9 Å². The smallest absolute Gasteiger partial charge is 0.271 e. The van der Waals surface area contributed by atoms with Crippen LogP contribution in [0.2, 0.25) is 0 Å². The normalized spacial score (nSPS) is 10.8. The number of fused-ring (bicyclic) bond motifs is 1. The fourth-order valence-electron chi connectivity index (χ4n) is 2.66. The molecule has 24 heavy (non-hydrogen) atoms. The second-order valence-corrected chi connectivity index (χ2v) is 5.77. The number of hydrogen-bond donors (Lipinski definition) is 2. The highest BCUT2D eigenvalue weighted by Gasteiger charge is 2.10. The number of aryl methyl sites for hydroxylation is 2. The van der Waals surface area contributed by atoms with Crippen LogP contribution in [0, 0.1) is 24.0 Å². The minimum Gasteiger partial charge on any atom is -0.380 e. The number of anilines is 1. The third-order valence-electron chi connectivity index (χ3n) is 4.07. The lowest BCUT2D eigenvalue weighted by atomic mass is 10.1. The maximum absolute atomic E-state index is 12.3. The van der Waals surface area contributed by atoms with E-state index >= 15 is 0 Å². The molecule has 3 rings (SSSR count). The molecular weight excluding hydrogens is 306 g/mol. The third kappa shape index (κ3) is 2.99. The Labute approximate surface area is 138 Å². The highest BCUT2D eigenvalue weighted by molar-refractivity contribution is 5.82. The summed E-state index contributed by atoms with van der Waals surface area (Å²) < 4.78 is 0. The first kappa shape index (κ1) is 15.7. The number of benzene rings is 2. The van der Waals surface area contributed by atoms with Crippen molar-refractivity contribution in [1.29, 1.82) is 0 Å². The van der Waals surface area contributed by atoms with Crippen LogP contribution in [0.1, 0.15) is 16.7 Å². The standard InChI is InChI=1S/C18H17N3O3/c1-11-6-7-15(21(23)24)9-16(11)19-10-14-8-13-5-3-4-12(2)17(13)20-18(14)22/h3-9,19H,10H2,1-2H3,(H,20,22). The Morgan fingerprint density at radius 3 is 2.67 bits per heavy atom. The predicted octanol–water partition coefficient (Wildman–Crippen LogP) is 3.67. The van der Waals surface area contributed by atoms with Gasteiger partial charge in [-0.3, -0.25) is 14.9 Å². The van der Waals surface area contributed by atoms with Crippen molar-refractivity contribution in [3.8, 4) is 0 Å². The summed E-state index contributed by atoms with van der Waals surface area (Å²) >= 11 is 0. The maximum atomic E-state index is 12.3. The van der Waals surface area contributed by atoms with Gasteiger partial charge in [-0.05, 0) is 36.4 Å². The molecule has 2 aromatic carbocycles. The molecule has 0 amide bonds. The maximum Gasteiger partial charge on any atom is 0.271 e. The third-order valence-corrected chi connectivity index (χ3v) is 4.07. The number of nitro groups is 1. The summed E-state index contributed by atoms with van der Waals surface area (Å²) in [5, 5.41) is 15.0. The largest absolute Gasteiger partial charge is 0.380 e. The van der Waals surface area contributed by atoms with Gasteiger partial charge in [-0.1, -0.05) is 24.3 Å². The molecule has 1 heterocycles. The molecule has 0 radical (unpaired) electrons. The second kappa shape index (κ2) is 6.16. The number of aromatic nitrogens is 1. The molecule has 0 saturated heterocycles. The lowest BCUT2D eigenvalue weighted by molar-refractivity contribution is -0.384. The minimum atomic E-state index is -0.434. The van der Waals surface area contributed by atoms with Crippen molar-refractivity contribution in [2.24, 2.45) is 0 Å².